The first-order valence-corrected chi connectivity index (χ1v) is 16.1. The van der Waals surface area contributed by atoms with E-state index in [1.165, 1.54) is 88.5 Å². The molecule has 0 amide bonds. The molecule has 3 aliphatic carbocycles. The average molecular weight is 571 g/mol. The van der Waals surface area contributed by atoms with Crippen molar-refractivity contribution >= 4 is 0 Å². The molecule has 0 aromatic heterocycles. The lowest BCUT2D eigenvalue weighted by atomic mass is 9.60. The van der Waals surface area contributed by atoms with Crippen LogP contribution in [0.3, 0.4) is 0 Å². The van der Waals surface area contributed by atoms with Crippen molar-refractivity contribution < 1.29 is 22.3 Å². The van der Waals surface area contributed by atoms with E-state index in [0.29, 0.717) is 25.4 Å². The van der Waals surface area contributed by atoms with Crippen LogP contribution in [0, 0.1) is 58.8 Å². The van der Waals surface area contributed by atoms with Crippen molar-refractivity contribution in [3.63, 3.8) is 0 Å². The van der Waals surface area contributed by atoms with Crippen LogP contribution >= 0.6 is 0 Å². The maximum atomic E-state index is 15.0. The van der Waals surface area contributed by atoms with Crippen LogP contribution in [0.15, 0.2) is 36.9 Å². The van der Waals surface area contributed by atoms with E-state index in [2.05, 4.69) is 13.5 Å². The molecular formula is C36H46F4O. The van der Waals surface area contributed by atoms with Gasteiger partial charge in [0, 0.05) is 11.1 Å². The fourth-order valence-corrected chi connectivity index (χ4v) is 8.25. The van der Waals surface area contributed by atoms with Crippen molar-refractivity contribution in [2.75, 3.05) is 6.61 Å². The van der Waals surface area contributed by atoms with Crippen LogP contribution in [0.25, 0.3) is 11.1 Å². The molecule has 0 aliphatic heterocycles. The van der Waals surface area contributed by atoms with Crippen molar-refractivity contribution in [1.82, 2.24) is 0 Å². The molecule has 5 heteroatoms. The van der Waals surface area contributed by atoms with Gasteiger partial charge in [-0.05, 0) is 124 Å². The van der Waals surface area contributed by atoms with Gasteiger partial charge in [-0.3, -0.25) is 0 Å². The first-order chi connectivity index (χ1) is 19.9. The molecule has 5 rings (SSSR count). The minimum Gasteiger partial charge on any atom is -0.490 e. The Labute approximate surface area is 243 Å². The number of hydrogen-bond donors (Lipinski definition) is 0. The van der Waals surface area contributed by atoms with Gasteiger partial charge in [0.1, 0.15) is 0 Å². The molecule has 1 nitrogen and oxygen atoms in total. The first kappa shape index (κ1) is 30.2. The summed E-state index contributed by atoms with van der Waals surface area (Å²) in [5, 5.41) is 0. The van der Waals surface area contributed by atoms with Crippen molar-refractivity contribution in [3.05, 3.63) is 65.8 Å². The quantitative estimate of drug-likeness (QED) is 0.204. The number of benzene rings is 2. The molecule has 0 N–H and O–H groups in total. The molecule has 4 atom stereocenters. The van der Waals surface area contributed by atoms with E-state index in [0.717, 1.165) is 42.4 Å². The first-order valence-electron chi connectivity index (χ1n) is 16.1. The predicted molar refractivity (Wildman–Crippen MR) is 158 cm³/mol. The molecule has 0 spiro atoms. The predicted octanol–water partition coefficient (Wildman–Crippen LogP) is 10.8. The lowest BCUT2D eigenvalue weighted by Gasteiger charge is -2.45. The van der Waals surface area contributed by atoms with Crippen LogP contribution in [0.4, 0.5) is 17.6 Å². The molecule has 3 fully saturated rings. The standard InChI is InChI=1S/C36H46F4O/c1-3-5-7-26-16-17-30(34(38)33(26)37)31-18-19-32(36(40)35(31)39)41-22-24-9-11-25(12-10-24)28-15-14-27-20-23(6-4-2)8-13-29(27)21-28/h3,16-19,23-25,27-29H,1,4-15,20-22H2,2H3. The smallest absolute Gasteiger partial charge is 0.201 e. The highest BCUT2D eigenvalue weighted by molar-refractivity contribution is 5.66. The Morgan fingerprint density at radius 1 is 0.707 bits per heavy atom. The van der Waals surface area contributed by atoms with Crippen LogP contribution in [0.5, 0.6) is 5.75 Å². The maximum absolute atomic E-state index is 15.0. The van der Waals surface area contributed by atoms with Gasteiger partial charge in [0.05, 0.1) is 6.61 Å². The molecule has 0 heterocycles. The number of halogens is 4. The molecular weight excluding hydrogens is 524 g/mol. The molecule has 0 saturated heterocycles. The molecule has 0 bridgehead atoms. The number of ether oxygens (including phenoxy) is 1. The number of rotatable bonds is 10. The molecule has 41 heavy (non-hydrogen) atoms. The number of allylic oxidation sites excluding steroid dienone is 1. The third-order valence-electron chi connectivity index (χ3n) is 10.6. The van der Waals surface area contributed by atoms with E-state index in [1.807, 2.05) is 0 Å². The normalized spacial score (nSPS) is 28.2. The van der Waals surface area contributed by atoms with Crippen molar-refractivity contribution in [3.8, 4) is 16.9 Å². The zero-order valence-electron chi connectivity index (χ0n) is 24.6. The van der Waals surface area contributed by atoms with Gasteiger partial charge < -0.3 is 4.74 Å². The summed E-state index contributed by atoms with van der Waals surface area (Å²) in [6.45, 7) is 6.25. The Kier molecular flexibility index (Phi) is 10.1. The van der Waals surface area contributed by atoms with Gasteiger partial charge in [0.15, 0.2) is 23.2 Å². The molecule has 224 valence electrons. The minimum atomic E-state index is -1.22. The van der Waals surface area contributed by atoms with Gasteiger partial charge in [0.2, 0.25) is 5.82 Å². The highest BCUT2D eigenvalue weighted by Gasteiger charge is 2.38. The number of fused-ring (bicyclic) bond motifs is 1. The largest absolute Gasteiger partial charge is 0.490 e. The average Bonchev–Trinajstić information content (AvgIpc) is 2.99. The van der Waals surface area contributed by atoms with Gasteiger partial charge in [-0.15, -0.1) is 6.58 Å². The van der Waals surface area contributed by atoms with E-state index < -0.39 is 23.3 Å². The zero-order valence-corrected chi connectivity index (χ0v) is 24.6. The zero-order chi connectivity index (χ0) is 28.9. The van der Waals surface area contributed by atoms with Crippen molar-refractivity contribution in [1.29, 1.82) is 0 Å². The summed E-state index contributed by atoms with van der Waals surface area (Å²) in [6, 6.07) is 5.32. The maximum Gasteiger partial charge on any atom is 0.201 e. The lowest BCUT2D eigenvalue weighted by Crippen LogP contribution is -2.35. The summed E-state index contributed by atoms with van der Waals surface area (Å²) < 4.78 is 65.0. The SMILES string of the molecule is C=CCCc1ccc(-c2ccc(OCC3CCC(C4CCC5CC(CCC)CCC5C4)CC3)c(F)c2F)c(F)c1F. The fourth-order valence-electron chi connectivity index (χ4n) is 8.25. The second-order valence-electron chi connectivity index (χ2n) is 13.1. The van der Waals surface area contributed by atoms with Gasteiger partial charge in [-0.25, -0.2) is 13.2 Å². The summed E-state index contributed by atoms with van der Waals surface area (Å²) in [5.41, 5.74) is -0.423. The third-order valence-corrected chi connectivity index (χ3v) is 10.6. The third kappa shape index (κ3) is 6.86. The highest BCUT2D eigenvalue weighted by atomic mass is 19.2. The van der Waals surface area contributed by atoms with Crippen molar-refractivity contribution in [2.24, 2.45) is 35.5 Å². The van der Waals surface area contributed by atoms with E-state index in [1.54, 1.807) is 6.08 Å². The number of aryl methyl sites for hydroxylation is 1. The molecule has 2 aromatic rings. The Morgan fingerprint density at radius 3 is 2.00 bits per heavy atom. The van der Waals surface area contributed by atoms with Crippen LogP contribution in [-0.2, 0) is 6.42 Å². The van der Waals surface area contributed by atoms with Crippen LogP contribution in [-0.4, -0.2) is 6.61 Å². The minimum absolute atomic E-state index is 0.172. The van der Waals surface area contributed by atoms with Crippen LogP contribution in [0.2, 0.25) is 0 Å². The Balaban J connectivity index is 1.13. The van der Waals surface area contributed by atoms with Crippen molar-refractivity contribution in [2.45, 2.75) is 96.8 Å². The van der Waals surface area contributed by atoms with Gasteiger partial charge in [-0.2, -0.15) is 4.39 Å². The summed E-state index contributed by atoms with van der Waals surface area (Å²) in [4.78, 5) is 0. The Hall–Kier alpha value is -2.30. The van der Waals surface area contributed by atoms with E-state index in [-0.39, 0.29) is 22.4 Å². The number of hydrogen-bond acceptors (Lipinski definition) is 1. The molecule has 2 aromatic carbocycles. The molecule has 3 saturated carbocycles. The highest BCUT2D eigenvalue weighted by Crippen LogP contribution is 2.49. The van der Waals surface area contributed by atoms with Gasteiger partial charge in [0.25, 0.3) is 0 Å². The second kappa shape index (κ2) is 13.8. The van der Waals surface area contributed by atoms with Crippen LogP contribution < -0.4 is 4.74 Å². The molecule has 4 unspecified atom stereocenters. The van der Waals surface area contributed by atoms with E-state index in [9.17, 15) is 13.2 Å². The second-order valence-corrected chi connectivity index (χ2v) is 13.1. The molecule has 3 aliphatic rings. The van der Waals surface area contributed by atoms with Crippen LogP contribution in [0.1, 0.15) is 96.0 Å². The van der Waals surface area contributed by atoms with Gasteiger partial charge in [-0.1, -0.05) is 44.4 Å². The fraction of sp³-hybridized carbons (Fsp3) is 0.611. The van der Waals surface area contributed by atoms with E-state index in [4.69, 9.17) is 4.74 Å². The Morgan fingerprint density at radius 2 is 1.29 bits per heavy atom. The lowest BCUT2D eigenvalue weighted by molar-refractivity contribution is 0.0544. The summed E-state index contributed by atoms with van der Waals surface area (Å²) in [5.74, 6) is 0.0571. The Bertz CT molecular complexity index is 1180. The summed E-state index contributed by atoms with van der Waals surface area (Å²) in [7, 11) is 0. The van der Waals surface area contributed by atoms with E-state index >= 15 is 4.39 Å². The molecule has 0 radical (unpaired) electrons. The summed E-state index contributed by atoms with van der Waals surface area (Å²) >= 11 is 0. The topological polar surface area (TPSA) is 9.23 Å². The summed E-state index contributed by atoms with van der Waals surface area (Å²) in [6.07, 6.45) is 18.1. The van der Waals surface area contributed by atoms with Gasteiger partial charge >= 0.3 is 0 Å². The monoisotopic (exact) mass is 570 g/mol.